The molecule has 42 heavy (non-hydrogen) atoms. The largest absolute Gasteiger partial charge is 0.389 e. The van der Waals surface area contributed by atoms with Crippen LogP contribution in [0.4, 0.5) is 16.8 Å². The second-order valence-electron chi connectivity index (χ2n) is 13.0. The molecule has 10 nitrogen and oxygen atoms in total. The number of rotatable bonds is 3. The van der Waals surface area contributed by atoms with Gasteiger partial charge in [-0.05, 0) is 76.8 Å². The molecule has 5 aliphatic rings. The Bertz CT molecular complexity index is 1560. The van der Waals surface area contributed by atoms with Crippen molar-refractivity contribution in [1.29, 1.82) is 5.26 Å². The lowest BCUT2D eigenvalue weighted by Gasteiger charge is -2.39. The van der Waals surface area contributed by atoms with Gasteiger partial charge in [-0.15, -0.1) is 11.3 Å². The number of nitriles is 1. The maximum Gasteiger partial charge on any atom is 0.228 e. The number of anilines is 3. The Morgan fingerprint density at radius 1 is 1.12 bits per heavy atom. The highest BCUT2D eigenvalue weighted by molar-refractivity contribution is 7.16. The lowest BCUT2D eigenvalue weighted by Crippen LogP contribution is -2.53. The van der Waals surface area contributed by atoms with Crippen LogP contribution in [0.25, 0.3) is 11.5 Å². The van der Waals surface area contributed by atoms with Crippen molar-refractivity contribution in [3.63, 3.8) is 0 Å². The van der Waals surface area contributed by atoms with Gasteiger partial charge in [-0.1, -0.05) is 5.16 Å². The van der Waals surface area contributed by atoms with Crippen LogP contribution in [0, 0.1) is 11.3 Å². The number of aryl methyl sites for hydroxylation is 1. The van der Waals surface area contributed by atoms with Gasteiger partial charge in [-0.25, -0.2) is 4.98 Å². The van der Waals surface area contributed by atoms with Crippen LogP contribution in [0.2, 0.25) is 0 Å². The second-order valence-corrected chi connectivity index (χ2v) is 14.2. The first-order valence-electron chi connectivity index (χ1n) is 15.7. The first-order chi connectivity index (χ1) is 20.5. The van der Waals surface area contributed by atoms with Crippen molar-refractivity contribution in [2.45, 2.75) is 81.7 Å². The predicted molar refractivity (Wildman–Crippen MR) is 164 cm³/mol. The molecule has 1 saturated carbocycles. The van der Waals surface area contributed by atoms with E-state index < -0.39 is 0 Å². The fraction of sp³-hybridized carbons (Fsp3) is 0.613. The van der Waals surface area contributed by atoms with Gasteiger partial charge in [-0.3, -0.25) is 0 Å². The maximum absolute atomic E-state index is 10.1. The van der Waals surface area contributed by atoms with E-state index in [2.05, 4.69) is 39.5 Å². The molecular formula is C31H39N9OS. The van der Waals surface area contributed by atoms with E-state index >= 15 is 0 Å². The first kappa shape index (κ1) is 26.4. The minimum Gasteiger partial charge on any atom is -0.389 e. The van der Waals surface area contributed by atoms with E-state index in [4.69, 9.17) is 25.4 Å². The summed E-state index contributed by atoms with van der Waals surface area (Å²) in [5, 5.41) is 22.8. The molecule has 0 amide bonds. The fourth-order valence-corrected chi connectivity index (χ4v) is 9.20. The average molecular weight is 586 g/mol. The maximum atomic E-state index is 10.1. The predicted octanol–water partition coefficient (Wildman–Crippen LogP) is 3.74. The monoisotopic (exact) mass is 585 g/mol. The van der Waals surface area contributed by atoms with Crippen molar-refractivity contribution < 1.29 is 4.52 Å². The standard InChI is InChI=1S/C31H39N9OS/c1-19-17-34-11-4-13-40(19)29-36-22(15-24(37-29)39-14-12-35-30(18-39)9-10-30)26-20-5-2-7-31(27(20)38-41-26)8-3-6-23-25(31)21(16-32)28(33)42-23/h15,19,34-35H,2-14,17-18,33H2,1H3/t19-,31-/m0/s1. The number of nitrogens with two attached hydrogens (primary N) is 1. The second kappa shape index (κ2) is 9.93. The third kappa shape index (κ3) is 4.13. The van der Waals surface area contributed by atoms with Gasteiger partial charge in [0.1, 0.15) is 22.6 Å². The van der Waals surface area contributed by atoms with E-state index in [1.165, 1.54) is 17.7 Å². The number of nitrogens with one attached hydrogen (secondary N) is 2. The fourth-order valence-electron chi connectivity index (χ4n) is 8.04. The van der Waals surface area contributed by atoms with E-state index in [0.717, 1.165) is 124 Å². The van der Waals surface area contributed by atoms with E-state index in [-0.39, 0.29) is 17.0 Å². The van der Waals surface area contributed by atoms with E-state index in [0.29, 0.717) is 10.6 Å². The number of aromatic nitrogens is 3. The number of hydrogen-bond acceptors (Lipinski definition) is 11. The number of nitrogen functional groups attached to an aromatic ring is 1. The van der Waals surface area contributed by atoms with Crippen LogP contribution in [-0.4, -0.2) is 66.0 Å². The molecule has 2 saturated heterocycles. The molecule has 3 fully saturated rings. The van der Waals surface area contributed by atoms with Crippen molar-refractivity contribution in [2.75, 3.05) is 54.8 Å². The summed E-state index contributed by atoms with van der Waals surface area (Å²) in [6.07, 6.45) is 9.37. The molecule has 3 aromatic rings. The molecule has 220 valence electrons. The van der Waals surface area contributed by atoms with Crippen molar-refractivity contribution in [3.8, 4) is 17.5 Å². The van der Waals surface area contributed by atoms with Gasteiger partial charge >= 0.3 is 0 Å². The van der Waals surface area contributed by atoms with Crippen LogP contribution >= 0.6 is 11.3 Å². The SMILES string of the molecule is C[C@H]1CNCCCN1c1nc(-c2onc3c2CCC[C@@]32CCCc3sc(N)c(C#N)c32)cc(N2CCNC3(CC3)C2)n1. The molecule has 0 bridgehead atoms. The summed E-state index contributed by atoms with van der Waals surface area (Å²) in [7, 11) is 0. The minimum atomic E-state index is -0.317. The van der Waals surface area contributed by atoms with Gasteiger partial charge in [0, 0.05) is 66.2 Å². The van der Waals surface area contributed by atoms with Gasteiger partial charge in [0.15, 0.2) is 5.76 Å². The van der Waals surface area contributed by atoms with Crippen LogP contribution in [0.1, 0.15) is 79.1 Å². The molecule has 8 rings (SSSR count). The van der Waals surface area contributed by atoms with Crippen LogP contribution in [0.5, 0.6) is 0 Å². The van der Waals surface area contributed by atoms with Crippen molar-refractivity contribution in [1.82, 2.24) is 25.8 Å². The Labute approximate surface area is 250 Å². The Balaban J connectivity index is 1.25. The first-order valence-corrected chi connectivity index (χ1v) is 16.5. The van der Waals surface area contributed by atoms with Crippen molar-refractivity contribution >= 4 is 28.1 Å². The topological polar surface area (TPSA) is 132 Å². The molecule has 4 N–H and O–H groups in total. The normalized spacial score (nSPS) is 26.5. The zero-order valence-electron chi connectivity index (χ0n) is 24.3. The minimum absolute atomic E-state index is 0.237. The molecule has 3 aromatic heterocycles. The molecule has 0 radical (unpaired) electrons. The third-order valence-corrected chi connectivity index (χ3v) is 11.4. The Morgan fingerprint density at radius 3 is 2.81 bits per heavy atom. The summed E-state index contributed by atoms with van der Waals surface area (Å²) in [5.41, 5.74) is 11.0. The van der Waals surface area contributed by atoms with Crippen LogP contribution in [-0.2, 0) is 18.3 Å². The van der Waals surface area contributed by atoms with Crippen LogP contribution in [0.15, 0.2) is 10.6 Å². The molecule has 0 aromatic carbocycles. The molecule has 3 aliphatic carbocycles. The summed E-state index contributed by atoms with van der Waals surface area (Å²) >= 11 is 1.58. The highest BCUT2D eigenvalue weighted by atomic mass is 32.1. The van der Waals surface area contributed by atoms with Gasteiger partial charge in [0.25, 0.3) is 0 Å². The van der Waals surface area contributed by atoms with Gasteiger partial charge in [-0.2, -0.15) is 10.2 Å². The number of nitrogens with zero attached hydrogens (tertiary/aromatic N) is 6. The summed E-state index contributed by atoms with van der Waals surface area (Å²) in [5.74, 6) is 2.51. The number of piperazine rings is 1. The number of fused-ring (bicyclic) bond motifs is 4. The third-order valence-electron chi connectivity index (χ3n) is 10.3. The Hall–Kier alpha value is -3.20. The molecule has 5 heterocycles. The lowest BCUT2D eigenvalue weighted by molar-refractivity contribution is 0.337. The quantitative estimate of drug-likeness (QED) is 0.418. The molecule has 2 spiro atoms. The Morgan fingerprint density at radius 2 is 1.98 bits per heavy atom. The highest BCUT2D eigenvalue weighted by Gasteiger charge is 2.49. The molecular weight excluding hydrogens is 546 g/mol. The summed E-state index contributed by atoms with van der Waals surface area (Å²) in [6, 6.07) is 4.85. The van der Waals surface area contributed by atoms with Crippen molar-refractivity contribution in [2.24, 2.45) is 0 Å². The van der Waals surface area contributed by atoms with Gasteiger partial charge < -0.3 is 30.7 Å². The summed E-state index contributed by atoms with van der Waals surface area (Å²) in [4.78, 5) is 16.4. The summed E-state index contributed by atoms with van der Waals surface area (Å²) < 4.78 is 6.30. The molecule has 2 atom stereocenters. The zero-order chi connectivity index (χ0) is 28.5. The summed E-state index contributed by atoms with van der Waals surface area (Å²) in [6.45, 7) is 7.94. The van der Waals surface area contributed by atoms with E-state index in [1.807, 2.05) is 0 Å². The molecule has 2 aliphatic heterocycles. The molecule has 0 unspecified atom stereocenters. The van der Waals surface area contributed by atoms with Crippen LogP contribution < -0.4 is 26.2 Å². The highest BCUT2D eigenvalue weighted by Crippen LogP contribution is 2.55. The van der Waals surface area contributed by atoms with Crippen LogP contribution in [0.3, 0.4) is 0 Å². The smallest absolute Gasteiger partial charge is 0.228 e. The number of hydrogen-bond donors (Lipinski definition) is 3. The number of thiophene rings is 1. The van der Waals surface area contributed by atoms with Gasteiger partial charge in [0.2, 0.25) is 5.95 Å². The van der Waals surface area contributed by atoms with E-state index in [9.17, 15) is 5.26 Å². The Kier molecular flexibility index (Phi) is 6.25. The van der Waals surface area contributed by atoms with Crippen molar-refractivity contribution in [3.05, 3.63) is 33.3 Å². The average Bonchev–Trinajstić information content (AvgIpc) is 3.51. The van der Waals surface area contributed by atoms with E-state index in [1.54, 1.807) is 11.3 Å². The molecule has 11 heteroatoms. The zero-order valence-corrected chi connectivity index (χ0v) is 25.2. The lowest BCUT2D eigenvalue weighted by atomic mass is 9.62. The van der Waals surface area contributed by atoms with Gasteiger partial charge in [0.05, 0.1) is 11.3 Å².